The van der Waals surface area contributed by atoms with Crippen LogP contribution in [0.1, 0.15) is 31.8 Å². The molecule has 6 nitrogen and oxygen atoms in total. The summed E-state index contributed by atoms with van der Waals surface area (Å²) >= 11 is 0. The van der Waals surface area contributed by atoms with E-state index in [0.29, 0.717) is 11.1 Å². The second-order valence-corrected chi connectivity index (χ2v) is 6.08. The van der Waals surface area contributed by atoms with Crippen molar-refractivity contribution in [3.8, 4) is 0 Å². The molecule has 2 aromatic carbocycles. The minimum Gasteiger partial charge on any atom is -0.370 e. The van der Waals surface area contributed by atoms with Crippen molar-refractivity contribution in [2.45, 2.75) is 13.8 Å². The highest BCUT2D eigenvalue weighted by Crippen LogP contribution is 2.21. The molecule has 0 fully saturated rings. The molecule has 0 saturated heterocycles. The van der Waals surface area contributed by atoms with Crippen LogP contribution in [0.2, 0.25) is 0 Å². The SMILES string of the molecule is Cc1cc(C)cc(NC(N)=NCCN2C(=O)c3ccccc3C2=O)c1. The Balaban J connectivity index is 1.61. The summed E-state index contributed by atoms with van der Waals surface area (Å²) in [4.78, 5) is 29.9. The monoisotopic (exact) mass is 336 g/mol. The van der Waals surface area contributed by atoms with Gasteiger partial charge in [-0.1, -0.05) is 18.2 Å². The predicted molar refractivity (Wildman–Crippen MR) is 97.8 cm³/mol. The van der Waals surface area contributed by atoms with Crippen molar-refractivity contribution in [2.75, 3.05) is 18.4 Å². The van der Waals surface area contributed by atoms with Crippen molar-refractivity contribution >= 4 is 23.5 Å². The lowest BCUT2D eigenvalue weighted by Crippen LogP contribution is -2.33. The number of guanidine groups is 1. The van der Waals surface area contributed by atoms with E-state index in [1.165, 1.54) is 4.90 Å². The van der Waals surface area contributed by atoms with Crippen LogP contribution < -0.4 is 11.1 Å². The molecular weight excluding hydrogens is 316 g/mol. The molecule has 0 aromatic heterocycles. The van der Waals surface area contributed by atoms with Crippen molar-refractivity contribution in [3.05, 3.63) is 64.7 Å². The first-order chi connectivity index (χ1) is 12.0. The zero-order valence-corrected chi connectivity index (χ0v) is 14.2. The van der Waals surface area contributed by atoms with E-state index in [-0.39, 0.29) is 30.9 Å². The lowest BCUT2D eigenvalue weighted by molar-refractivity contribution is 0.0659. The third-order valence-corrected chi connectivity index (χ3v) is 3.98. The van der Waals surface area contributed by atoms with Gasteiger partial charge in [0.25, 0.3) is 11.8 Å². The number of fused-ring (bicyclic) bond motifs is 1. The molecule has 2 amide bonds. The van der Waals surface area contributed by atoms with Crippen LogP contribution >= 0.6 is 0 Å². The van der Waals surface area contributed by atoms with Crippen molar-refractivity contribution in [2.24, 2.45) is 10.7 Å². The molecule has 0 radical (unpaired) electrons. The van der Waals surface area contributed by atoms with Crippen LogP contribution in [0, 0.1) is 13.8 Å². The number of imide groups is 1. The summed E-state index contributed by atoms with van der Waals surface area (Å²) < 4.78 is 0. The molecule has 25 heavy (non-hydrogen) atoms. The van der Waals surface area contributed by atoms with Gasteiger partial charge in [-0.15, -0.1) is 0 Å². The van der Waals surface area contributed by atoms with Crippen LogP contribution in [0.4, 0.5) is 5.69 Å². The number of benzene rings is 2. The van der Waals surface area contributed by atoms with Gasteiger partial charge in [0, 0.05) is 12.2 Å². The lowest BCUT2D eigenvalue weighted by Gasteiger charge is -2.12. The molecule has 1 aliphatic rings. The number of nitrogens with one attached hydrogen (secondary N) is 1. The average Bonchev–Trinajstić information content (AvgIpc) is 2.79. The molecule has 1 heterocycles. The third kappa shape index (κ3) is 3.52. The number of nitrogens with two attached hydrogens (primary N) is 1. The van der Waals surface area contributed by atoms with Gasteiger partial charge in [-0.3, -0.25) is 19.5 Å². The van der Waals surface area contributed by atoms with Gasteiger partial charge in [0.2, 0.25) is 0 Å². The molecule has 2 aromatic rings. The van der Waals surface area contributed by atoms with Crippen LogP contribution in [0.5, 0.6) is 0 Å². The highest BCUT2D eigenvalue weighted by molar-refractivity contribution is 6.21. The number of hydrogen-bond acceptors (Lipinski definition) is 3. The summed E-state index contributed by atoms with van der Waals surface area (Å²) in [6.07, 6.45) is 0. The van der Waals surface area contributed by atoms with Gasteiger partial charge >= 0.3 is 0 Å². The Labute approximate surface area is 146 Å². The summed E-state index contributed by atoms with van der Waals surface area (Å²) in [5, 5.41) is 3.03. The molecule has 1 aliphatic heterocycles. The Bertz CT molecular complexity index is 818. The summed E-state index contributed by atoms with van der Waals surface area (Å²) in [6, 6.07) is 12.8. The van der Waals surface area contributed by atoms with E-state index in [1.807, 2.05) is 26.0 Å². The van der Waals surface area contributed by atoms with Gasteiger partial charge in [-0.2, -0.15) is 0 Å². The molecule has 0 atom stereocenters. The molecule has 6 heteroatoms. The normalized spacial score (nSPS) is 14.0. The van der Waals surface area contributed by atoms with Crippen molar-refractivity contribution in [1.29, 1.82) is 0 Å². The third-order valence-electron chi connectivity index (χ3n) is 3.98. The molecule has 3 N–H and O–H groups in total. The van der Waals surface area contributed by atoms with E-state index in [2.05, 4.69) is 16.4 Å². The zero-order chi connectivity index (χ0) is 18.0. The number of anilines is 1. The van der Waals surface area contributed by atoms with Crippen LogP contribution in [0.3, 0.4) is 0 Å². The first-order valence-electron chi connectivity index (χ1n) is 8.06. The molecule has 3 rings (SSSR count). The van der Waals surface area contributed by atoms with Crippen molar-refractivity contribution in [3.63, 3.8) is 0 Å². The summed E-state index contributed by atoms with van der Waals surface area (Å²) in [7, 11) is 0. The number of carbonyl (C=O) groups excluding carboxylic acids is 2. The van der Waals surface area contributed by atoms with Crippen LogP contribution in [0.15, 0.2) is 47.5 Å². The van der Waals surface area contributed by atoms with Gasteiger partial charge in [0.1, 0.15) is 0 Å². The maximum Gasteiger partial charge on any atom is 0.261 e. The Morgan fingerprint density at radius 2 is 1.60 bits per heavy atom. The Kier molecular flexibility index (Phi) is 4.52. The number of aliphatic imine (C=N–C) groups is 1. The number of carbonyl (C=O) groups is 2. The largest absolute Gasteiger partial charge is 0.370 e. The number of hydrogen-bond donors (Lipinski definition) is 2. The standard InChI is InChI=1S/C19H20N4O2/c1-12-9-13(2)11-14(10-12)22-19(20)21-7-8-23-17(24)15-5-3-4-6-16(15)18(23)25/h3-6,9-11H,7-8H2,1-2H3,(H3,20,21,22). The summed E-state index contributed by atoms with van der Waals surface area (Å²) in [6.45, 7) is 4.46. The maximum atomic E-state index is 12.3. The smallest absolute Gasteiger partial charge is 0.261 e. The van der Waals surface area contributed by atoms with Gasteiger partial charge in [0.15, 0.2) is 5.96 Å². The Hall–Kier alpha value is -3.15. The van der Waals surface area contributed by atoms with Crippen LogP contribution in [-0.2, 0) is 0 Å². The maximum absolute atomic E-state index is 12.3. The van der Waals surface area contributed by atoms with Gasteiger partial charge in [-0.05, 0) is 49.2 Å². The number of rotatable bonds is 4. The summed E-state index contributed by atoms with van der Waals surface area (Å²) in [5.41, 5.74) is 9.89. The van der Waals surface area contributed by atoms with E-state index in [0.717, 1.165) is 16.8 Å². The number of nitrogens with zero attached hydrogens (tertiary/aromatic N) is 2. The fraction of sp³-hybridized carbons (Fsp3) is 0.211. The highest BCUT2D eigenvalue weighted by atomic mass is 16.2. The van der Waals surface area contributed by atoms with E-state index in [4.69, 9.17) is 5.73 Å². The van der Waals surface area contributed by atoms with Gasteiger partial charge < -0.3 is 11.1 Å². The fourth-order valence-electron chi connectivity index (χ4n) is 2.95. The fourth-order valence-corrected chi connectivity index (χ4v) is 2.95. The second kappa shape index (κ2) is 6.76. The van der Waals surface area contributed by atoms with Crippen molar-refractivity contribution in [1.82, 2.24) is 4.90 Å². The lowest BCUT2D eigenvalue weighted by atomic mass is 10.1. The quantitative estimate of drug-likeness (QED) is 0.509. The molecule has 0 bridgehead atoms. The van der Waals surface area contributed by atoms with Crippen LogP contribution in [-0.4, -0.2) is 35.8 Å². The van der Waals surface area contributed by atoms with Crippen molar-refractivity contribution < 1.29 is 9.59 Å². The Morgan fingerprint density at radius 1 is 1.04 bits per heavy atom. The van der Waals surface area contributed by atoms with Gasteiger partial charge in [0.05, 0.1) is 17.7 Å². The topological polar surface area (TPSA) is 87.8 Å². The first kappa shape index (κ1) is 16.7. The molecular formula is C19H20N4O2. The van der Waals surface area contributed by atoms with E-state index < -0.39 is 0 Å². The highest BCUT2D eigenvalue weighted by Gasteiger charge is 2.34. The molecule has 0 saturated carbocycles. The average molecular weight is 336 g/mol. The van der Waals surface area contributed by atoms with E-state index >= 15 is 0 Å². The second-order valence-electron chi connectivity index (χ2n) is 6.08. The summed E-state index contributed by atoms with van der Waals surface area (Å²) in [5.74, 6) is -0.310. The number of amides is 2. The molecule has 0 aliphatic carbocycles. The van der Waals surface area contributed by atoms with Crippen LogP contribution in [0.25, 0.3) is 0 Å². The van der Waals surface area contributed by atoms with E-state index in [9.17, 15) is 9.59 Å². The van der Waals surface area contributed by atoms with E-state index in [1.54, 1.807) is 24.3 Å². The predicted octanol–water partition coefficient (Wildman–Crippen LogP) is 2.33. The molecule has 0 spiro atoms. The minimum atomic E-state index is -0.281. The molecule has 0 unspecified atom stereocenters. The number of aryl methyl sites for hydroxylation is 2. The molecule has 128 valence electrons. The first-order valence-corrected chi connectivity index (χ1v) is 8.06. The van der Waals surface area contributed by atoms with Gasteiger partial charge in [-0.25, -0.2) is 0 Å². The zero-order valence-electron chi connectivity index (χ0n) is 14.2. The Morgan fingerprint density at radius 3 is 2.16 bits per heavy atom. The minimum absolute atomic E-state index is 0.196.